The Hall–Kier alpha value is -1.46. The highest BCUT2D eigenvalue weighted by Gasteiger charge is 2.18. The van der Waals surface area contributed by atoms with E-state index in [-0.39, 0.29) is 5.56 Å². The molecule has 0 radical (unpaired) electrons. The zero-order valence-corrected chi connectivity index (χ0v) is 12.6. The molecule has 2 rings (SSSR count). The van der Waals surface area contributed by atoms with Crippen molar-refractivity contribution in [3.05, 3.63) is 29.6 Å². The van der Waals surface area contributed by atoms with Gasteiger partial charge < -0.3 is 9.84 Å². The van der Waals surface area contributed by atoms with Crippen LogP contribution >= 0.6 is 0 Å². The van der Waals surface area contributed by atoms with Gasteiger partial charge in [0.2, 0.25) is 0 Å². The summed E-state index contributed by atoms with van der Waals surface area (Å²) in [5.41, 5.74) is 1.14. The van der Waals surface area contributed by atoms with Crippen LogP contribution in [0.3, 0.4) is 0 Å². The summed E-state index contributed by atoms with van der Waals surface area (Å²) in [6.07, 6.45) is 6.38. The molecule has 1 atom stereocenters. The number of aromatic carboxylic acids is 1. The summed E-state index contributed by atoms with van der Waals surface area (Å²) in [6, 6.07) is 3.42. The number of ether oxygens (including phenoxy) is 1. The fourth-order valence-electron chi connectivity index (χ4n) is 2.66. The van der Waals surface area contributed by atoms with Crippen molar-refractivity contribution < 1.29 is 14.6 Å². The summed E-state index contributed by atoms with van der Waals surface area (Å²) < 4.78 is 5.80. The SMILES string of the molecule is CCCN(Cc1ccc(C(=O)O)cn1)CC1CCCCO1. The molecule has 1 aliphatic rings. The van der Waals surface area contributed by atoms with Crippen molar-refractivity contribution in [2.24, 2.45) is 0 Å². The van der Waals surface area contributed by atoms with E-state index in [0.717, 1.165) is 44.8 Å². The summed E-state index contributed by atoms with van der Waals surface area (Å²) in [7, 11) is 0. The highest BCUT2D eigenvalue weighted by Crippen LogP contribution is 2.15. The number of nitrogens with zero attached hydrogens (tertiary/aromatic N) is 2. The maximum Gasteiger partial charge on any atom is 0.337 e. The molecule has 1 saturated heterocycles. The molecule has 1 unspecified atom stereocenters. The lowest BCUT2D eigenvalue weighted by molar-refractivity contribution is -0.00732. The fourth-order valence-corrected chi connectivity index (χ4v) is 2.66. The van der Waals surface area contributed by atoms with Gasteiger partial charge in [0.25, 0.3) is 0 Å². The first-order valence-corrected chi connectivity index (χ1v) is 7.71. The van der Waals surface area contributed by atoms with Crippen molar-refractivity contribution in [2.45, 2.75) is 45.3 Å². The molecular formula is C16H24N2O3. The summed E-state index contributed by atoms with van der Waals surface area (Å²) >= 11 is 0. The molecule has 5 nitrogen and oxygen atoms in total. The van der Waals surface area contributed by atoms with Gasteiger partial charge in [-0.15, -0.1) is 0 Å². The zero-order valence-electron chi connectivity index (χ0n) is 12.6. The molecule has 5 heteroatoms. The molecule has 1 aromatic rings. The van der Waals surface area contributed by atoms with Crippen molar-refractivity contribution in [2.75, 3.05) is 19.7 Å². The Morgan fingerprint density at radius 2 is 2.33 bits per heavy atom. The smallest absolute Gasteiger partial charge is 0.337 e. The van der Waals surface area contributed by atoms with Gasteiger partial charge in [0.15, 0.2) is 0 Å². The van der Waals surface area contributed by atoms with Crippen molar-refractivity contribution in [3.8, 4) is 0 Å². The van der Waals surface area contributed by atoms with Crippen LogP contribution in [0.2, 0.25) is 0 Å². The Morgan fingerprint density at radius 3 is 2.90 bits per heavy atom. The predicted octanol–water partition coefficient (Wildman–Crippen LogP) is 2.56. The molecule has 2 heterocycles. The van der Waals surface area contributed by atoms with Crippen LogP contribution in [0.15, 0.2) is 18.3 Å². The predicted molar refractivity (Wildman–Crippen MR) is 80.4 cm³/mol. The molecule has 0 spiro atoms. The molecule has 21 heavy (non-hydrogen) atoms. The number of carboxylic acids is 1. The van der Waals surface area contributed by atoms with Gasteiger partial charge in [-0.05, 0) is 44.4 Å². The third-order valence-electron chi connectivity index (χ3n) is 3.73. The molecule has 1 aromatic heterocycles. The Bertz CT molecular complexity index is 441. The number of carboxylic acid groups (broad SMARTS) is 1. The molecule has 0 aromatic carbocycles. The molecular weight excluding hydrogens is 268 g/mol. The van der Waals surface area contributed by atoms with E-state index in [4.69, 9.17) is 9.84 Å². The minimum Gasteiger partial charge on any atom is -0.478 e. The van der Waals surface area contributed by atoms with Gasteiger partial charge in [-0.3, -0.25) is 9.88 Å². The second kappa shape index (κ2) is 8.10. The standard InChI is InChI=1S/C16H24N2O3/c1-2-8-18(12-15-5-3-4-9-21-15)11-14-7-6-13(10-17-14)16(19)20/h6-7,10,15H,2-5,8-9,11-12H2,1H3,(H,19,20). The van der Waals surface area contributed by atoms with Gasteiger partial charge in [-0.2, -0.15) is 0 Å². The van der Waals surface area contributed by atoms with Gasteiger partial charge in [-0.1, -0.05) is 6.92 Å². The molecule has 0 amide bonds. The van der Waals surface area contributed by atoms with Crippen LogP contribution in [0, 0.1) is 0 Å². The molecule has 0 saturated carbocycles. The van der Waals surface area contributed by atoms with E-state index in [0.29, 0.717) is 6.10 Å². The second-order valence-corrected chi connectivity index (χ2v) is 5.57. The first-order chi connectivity index (χ1) is 10.2. The van der Waals surface area contributed by atoms with Gasteiger partial charge >= 0.3 is 5.97 Å². The van der Waals surface area contributed by atoms with Crippen LogP contribution in [0.25, 0.3) is 0 Å². The minimum atomic E-state index is -0.935. The Balaban J connectivity index is 1.92. The van der Waals surface area contributed by atoms with Crippen LogP contribution in [0.1, 0.15) is 48.7 Å². The van der Waals surface area contributed by atoms with Crippen LogP contribution in [-0.2, 0) is 11.3 Å². The van der Waals surface area contributed by atoms with Crippen molar-refractivity contribution in [1.82, 2.24) is 9.88 Å². The molecule has 1 N–H and O–H groups in total. The van der Waals surface area contributed by atoms with Crippen LogP contribution in [0.5, 0.6) is 0 Å². The number of hydrogen-bond donors (Lipinski definition) is 1. The summed E-state index contributed by atoms with van der Waals surface area (Å²) in [6.45, 7) is 5.71. The topological polar surface area (TPSA) is 62.7 Å². The zero-order chi connectivity index (χ0) is 15.1. The molecule has 0 bridgehead atoms. The second-order valence-electron chi connectivity index (χ2n) is 5.57. The Morgan fingerprint density at radius 1 is 1.48 bits per heavy atom. The average molecular weight is 292 g/mol. The van der Waals surface area contributed by atoms with E-state index < -0.39 is 5.97 Å². The van der Waals surface area contributed by atoms with E-state index in [2.05, 4.69) is 16.8 Å². The summed E-state index contributed by atoms with van der Waals surface area (Å²) in [5, 5.41) is 8.89. The van der Waals surface area contributed by atoms with Gasteiger partial charge in [-0.25, -0.2) is 4.79 Å². The molecule has 0 aliphatic carbocycles. The van der Waals surface area contributed by atoms with E-state index >= 15 is 0 Å². The third kappa shape index (κ3) is 5.10. The average Bonchev–Trinajstić information content (AvgIpc) is 2.49. The number of carbonyl (C=O) groups is 1. The number of rotatable bonds is 7. The van der Waals surface area contributed by atoms with Gasteiger partial charge in [0.05, 0.1) is 17.4 Å². The minimum absolute atomic E-state index is 0.233. The number of hydrogen-bond acceptors (Lipinski definition) is 4. The quantitative estimate of drug-likeness (QED) is 0.837. The lowest BCUT2D eigenvalue weighted by atomic mass is 10.1. The Kier molecular flexibility index (Phi) is 6.14. The van der Waals surface area contributed by atoms with E-state index in [9.17, 15) is 4.79 Å². The summed E-state index contributed by atoms with van der Waals surface area (Å²) in [4.78, 5) is 17.4. The largest absolute Gasteiger partial charge is 0.478 e. The van der Waals surface area contributed by atoms with E-state index in [1.165, 1.54) is 19.0 Å². The number of pyridine rings is 1. The van der Waals surface area contributed by atoms with Gasteiger partial charge in [0.1, 0.15) is 0 Å². The lowest BCUT2D eigenvalue weighted by Gasteiger charge is -2.29. The lowest BCUT2D eigenvalue weighted by Crippen LogP contribution is -2.36. The highest BCUT2D eigenvalue weighted by atomic mass is 16.5. The van der Waals surface area contributed by atoms with Crippen molar-refractivity contribution in [1.29, 1.82) is 0 Å². The fraction of sp³-hybridized carbons (Fsp3) is 0.625. The van der Waals surface area contributed by atoms with E-state index in [1.807, 2.05) is 0 Å². The maximum atomic E-state index is 10.8. The molecule has 1 fully saturated rings. The molecule has 1 aliphatic heterocycles. The van der Waals surface area contributed by atoms with Crippen molar-refractivity contribution >= 4 is 5.97 Å². The summed E-state index contributed by atoms with van der Waals surface area (Å²) in [5.74, 6) is -0.935. The van der Waals surface area contributed by atoms with Gasteiger partial charge in [0, 0.05) is 25.9 Å². The Labute approximate surface area is 125 Å². The number of aromatic nitrogens is 1. The normalized spacial score (nSPS) is 18.9. The molecule has 116 valence electrons. The maximum absolute atomic E-state index is 10.8. The van der Waals surface area contributed by atoms with Crippen LogP contribution in [-0.4, -0.2) is 46.8 Å². The first-order valence-electron chi connectivity index (χ1n) is 7.71. The van der Waals surface area contributed by atoms with Crippen LogP contribution in [0.4, 0.5) is 0 Å². The third-order valence-corrected chi connectivity index (χ3v) is 3.73. The van der Waals surface area contributed by atoms with Crippen molar-refractivity contribution in [3.63, 3.8) is 0 Å². The van der Waals surface area contributed by atoms with Crippen LogP contribution < -0.4 is 0 Å². The van der Waals surface area contributed by atoms with E-state index in [1.54, 1.807) is 12.1 Å². The monoisotopic (exact) mass is 292 g/mol. The first kappa shape index (κ1) is 15.9. The highest BCUT2D eigenvalue weighted by molar-refractivity contribution is 5.87.